The molecule has 6 heteroatoms. The fourth-order valence-corrected chi connectivity index (χ4v) is 2.30. The van der Waals surface area contributed by atoms with Crippen LogP contribution in [-0.2, 0) is 0 Å². The van der Waals surface area contributed by atoms with Gasteiger partial charge in [0.1, 0.15) is 5.75 Å². The van der Waals surface area contributed by atoms with Gasteiger partial charge in [0.15, 0.2) is 0 Å². The monoisotopic (exact) mass is 272 g/mol. The summed E-state index contributed by atoms with van der Waals surface area (Å²) in [6.07, 6.45) is 0. The number of nitrogens with zero attached hydrogens (tertiary/aromatic N) is 1. The summed E-state index contributed by atoms with van der Waals surface area (Å²) in [5, 5.41) is 12.8. The molecule has 0 bridgehead atoms. The van der Waals surface area contributed by atoms with E-state index in [4.69, 9.17) is 0 Å². The maximum absolute atomic E-state index is 12.1. The number of aliphatic hydroxyl groups is 1. The first kappa shape index (κ1) is 14.2. The lowest BCUT2D eigenvalue weighted by Crippen LogP contribution is -2.46. The zero-order valence-corrected chi connectivity index (χ0v) is 10.6. The molecular formula is C13H18F2N2O2. The summed E-state index contributed by atoms with van der Waals surface area (Å²) in [6, 6.07) is 6.36. The van der Waals surface area contributed by atoms with Gasteiger partial charge in [0, 0.05) is 26.2 Å². The Kier molecular flexibility index (Phi) is 5.07. The quantitative estimate of drug-likeness (QED) is 0.846. The van der Waals surface area contributed by atoms with Gasteiger partial charge < -0.3 is 15.2 Å². The fourth-order valence-electron chi connectivity index (χ4n) is 2.30. The number of benzene rings is 1. The molecule has 1 aliphatic rings. The third-order valence-electron chi connectivity index (χ3n) is 3.26. The van der Waals surface area contributed by atoms with E-state index >= 15 is 0 Å². The van der Waals surface area contributed by atoms with E-state index in [9.17, 15) is 13.9 Å². The fraction of sp³-hybridized carbons (Fsp3) is 0.538. The molecule has 0 radical (unpaired) electrons. The van der Waals surface area contributed by atoms with Crippen LogP contribution in [-0.4, -0.2) is 49.4 Å². The smallest absolute Gasteiger partial charge is 0.387 e. The molecule has 0 amide bonds. The van der Waals surface area contributed by atoms with Crippen LogP contribution in [0.15, 0.2) is 24.3 Å². The minimum Gasteiger partial charge on any atom is -0.435 e. The molecular weight excluding hydrogens is 254 g/mol. The van der Waals surface area contributed by atoms with Gasteiger partial charge in [-0.25, -0.2) is 0 Å². The van der Waals surface area contributed by atoms with E-state index in [1.165, 1.54) is 12.1 Å². The molecule has 0 spiro atoms. The Morgan fingerprint density at radius 1 is 1.21 bits per heavy atom. The van der Waals surface area contributed by atoms with E-state index in [1.807, 2.05) is 0 Å². The van der Waals surface area contributed by atoms with Crippen LogP contribution in [0.25, 0.3) is 0 Å². The van der Waals surface area contributed by atoms with Crippen molar-refractivity contribution in [2.45, 2.75) is 12.7 Å². The van der Waals surface area contributed by atoms with Gasteiger partial charge in [-0.15, -0.1) is 0 Å². The van der Waals surface area contributed by atoms with Crippen LogP contribution in [0, 0.1) is 0 Å². The molecule has 1 aromatic rings. The van der Waals surface area contributed by atoms with Crippen molar-refractivity contribution in [3.63, 3.8) is 0 Å². The van der Waals surface area contributed by atoms with E-state index in [-0.39, 0.29) is 18.4 Å². The lowest BCUT2D eigenvalue weighted by molar-refractivity contribution is -0.0498. The molecule has 4 nitrogen and oxygen atoms in total. The first-order valence-corrected chi connectivity index (χ1v) is 6.31. The second kappa shape index (κ2) is 6.79. The highest BCUT2D eigenvalue weighted by Gasteiger charge is 2.21. The molecule has 1 fully saturated rings. The molecule has 1 atom stereocenters. The number of ether oxygens (including phenoxy) is 1. The summed E-state index contributed by atoms with van der Waals surface area (Å²) in [7, 11) is 0. The molecule has 1 heterocycles. The van der Waals surface area contributed by atoms with E-state index < -0.39 is 6.61 Å². The van der Waals surface area contributed by atoms with Crippen molar-refractivity contribution in [1.82, 2.24) is 10.2 Å². The average molecular weight is 272 g/mol. The van der Waals surface area contributed by atoms with Crippen LogP contribution in [0.1, 0.15) is 11.6 Å². The molecule has 1 aliphatic heterocycles. The predicted octanol–water partition coefficient (Wildman–Crippen LogP) is 1.23. The molecule has 0 saturated carbocycles. The Labute approximate surface area is 111 Å². The average Bonchev–Trinajstić information content (AvgIpc) is 2.42. The van der Waals surface area contributed by atoms with Crippen LogP contribution in [0.5, 0.6) is 5.75 Å². The Morgan fingerprint density at radius 3 is 2.37 bits per heavy atom. The molecule has 106 valence electrons. The van der Waals surface area contributed by atoms with Crippen LogP contribution in [0.2, 0.25) is 0 Å². The van der Waals surface area contributed by atoms with Gasteiger partial charge in [0.05, 0.1) is 12.6 Å². The highest BCUT2D eigenvalue weighted by molar-refractivity contribution is 5.29. The summed E-state index contributed by atoms with van der Waals surface area (Å²) in [5.41, 5.74) is 0.908. The highest BCUT2D eigenvalue weighted by atomic mass is 19.3. The molecule has 1 unspecified atom stereocenters. The van der Waals surface area contributed by atoms with Gasteiger partial charge in [-0.05, 0) is 17.7 Å². The van der Waals surface area contributed by atoms with Gasteiger partial charge >= 0.3 is 6.61 Å². The standard InChI is InChI=1S/C13H18F2N2O2/c14-13(15)19-11-3-1-10(2-4-11)12(9-18)17-7-5-16-6-8-17/h1-4,12-13,16,18H,5-9H2. The number of nitrogens with one attached hydrogen (secondary N) is 1. The van der Waals surface area contributed by atoms with Crippen LogP contribution in [0.3, 0.4) is 0 Å². The van der Waals surface area contributed by atoms with E-state index in [2.05, 4.69) is 15.0 Å². The number of piperazine rings is 1. The maximum atomic E-state index is 12.1. The van der Waals surface area contributed by atoms with Gasteiger partial charge in [0.25, 0.3) is 0 Å². The maximum Gasteiger partial charge on any atom is 0.387 e. The first-order chi connectivity index (χ1) is 9.20. The van der Waals surface area contributed by atoms with Gasteiger partial charge in [-0.1, -0.05) is 12.1 Å². The Balaban J connectivity index is 2.05. The number of alkyl halides is 2. The zero-order chi connectivity index (χ0) is 13.7. The number of aliphatic hydroxyl groups excluding tert-OH is 1. The Morgan fingerprint density at radius 2 is 1.84 bits per heavy atom. The molecule has 2 rings (SSSR count). The number of hydrogen-bond donors (Lipinski definition) is 2. The van der Waals surface area contributed by atoms with Crippen molar-refractivity contribution in [1.29, 1.82) is 0 Å². The SMILES string of the molecule is OCC(c1ccc(OC(F)F)cc1)N1CCNCC1. The second-order valence-corrected chi connectivity index (χ2v) is 4.43. The minimum absolute atomic E-state index is 0.00898. The lowest BCUT2D eigenvalue weighted by Gasteiger charge is -2.34. The van der Waals surface area contributed by atoms with Crippen LogP contribution in [0.4, 0.5) is 8.78 Å². The molecule has 0 aromatic heterocycles. The summed E-state index contributed by atoms with van der Waals surface area (Å²) in [4.78, 5) is 2.18. The predicted molar refractivity (Wildman–Crippen MR) is 67.3 cm³/mol. The van der Waals surface area contributed by atoms with Crippen molar-refractivity contribution >= 4 is 0 Å². The summed E-state index contributed by atoms with van der Waals surface area (Å²) in [5.74, 6) is 0.135. The van der Waals surface area contributed by atoms with Gasteiger partial charge in [0.2, 0.25) is 0 Å². The van der Waals surface area contributed by atoms with Crippen LogP contribution < -0.4 is 10.1 Å². The third kappa shape index (κ3) is 3.86. The molecule has 19 heavy (non-hydrogen) atoms. The van der Waals surface area contributed by atoms with Crippen molar-refractivity contribution in [2.24, 2.45) is 0 Å². The zero-order valence-electron chi connectivity index (χ0n) is 10.6. The first-order valence-electron chi connectivity index (χ1n) is 6.31. The van der Waals surface area contributed by atoms with E-state index in [0.29, 0.717) is 0 Å². The molecule has 0 aliphatic carbocycles. The lowest BCUT2D eigenvalue weighted by atomic mass is 10.1. The van der Waals surface area contributed by atoms with Crippen molar-refractivity contribution in [2.75, 3.05) is 32.8 Å². The second-order valence-electron chi connectivity index (χ2n) is 4.43. The number of hydrogen-bond acceptors (Lipinski definition) is 4. The summed E-state index contributed by atoms with van der Waals surface area (Å²) < 4.78 is 28.4. The van der Waals surface area contributed by atoms with Crippen molar-refractivity contribution in [3.05, 3.63) is 29.8 Å². The molecule has 1 saturated heterocycles. The minimum atomic E-state index is -2.81. The van der Waals surface area contributed by atoms with E-state index in [1.54, 1.807) is 12.1 Å². The summed E-state index contributed by atoms with van der Waals surface area (Å²) >= 11 is 0. The Bertz CT molecular complexity index is 381. The van der Waals surface area contributed by atoms with Crippen LogP contribution >= 0.6 is 0 Å². The van der Waals surface area contributed by atoms with Crippen molar-refractivity contribution in [3.8, 4) is 5.75 Å². The topological polar surface area (TPSA) is 44.7 Å². The summed E-state index contributed by atoms with van der Waals surface area (Å²) in [6.45, 7) is 0.704. The van der Waals surface area contributed by atoms with Gasteiger partial charge in [-0.3, -0.25) is 4.90 Å². The number of rotatable bonds is 5. The van der Waals surface area contributed by atoms with Crippen molar-refractivity contribution < 1.29 is 18.6 Å². The van der Waals surface area contributed by atoms with E-state index in [0.717, 1.165) is 31.7 Å². The van der Waals surface area contributed by atoms with Gasteiger partial charge in [-0.2, -0.15) is 8.78 Å². The highest BCUT2D eigenvalue weighted by Crippen LogP contribution is 2.23. The normalized spacial score (nSPS) is 18.5. The molecule has 2 N–H and O–H groups in total. The third-order valence-corrected chi connectivity index (χ3v) is 3.26. The number of halogens is 2. The Hall–Kier alpha value is -1.24. The largest absolute Gasteiger partial charge is 0.435 e. The molecule has 1 aromatic carbocycles.